The monoisotopic (exact) mass is 446 g/mol. The van der Waals surface area contributed by atoms with Crippen LogP contribution in [-0.4, -0.2) is 9.55 Å². The highest BCUT2D eigenvalue weighted by atomic mass is 15.0. The van der Waals surface area contributed by atoms with Crippen LogP contribution in [0.4, 0.5) is 0 Å². The number of aromatic nitrogens is 2. The molecule has 0 atom stereocenters. The minimum atomic E-state index is 0.583. The third kappa shape index (κ3) is 3.25. The van der Waals surface area contributed by atoms with Crippen molar-refractivity contribution >= 4 is 21.8 Å². The minimum absolute atomic E-state index is 0.583. The number of hydrogen-bond acceptors (Lipinski definition) is 3. The second-order valence-corrected chi connectivity index (χ2v) is 8.29. The topological polar surface area (TPSA) is 65.4 Å². The Morgan fingerprint density at radius 3 is 2.06 bits per heavy atom. The molecule has 0 aliphatic carbocycles. The van der Waals surface area contributed by atoms with Crippen molar-refractivity contribution < 1.29 is 0 Å². The first-order valence-corrected chi connectivity index (χ1v) is 11.3. The van der Waals surface area contributed by atoms with Gasteiger partial charge in [-0.3, -0.25) is 4.98 Å². The largest absolute Gasteiger partial charge is 0.307 e. The highest BCUT2D eigenvalue weighted by molar-refractivity contribution is 6.11. The van der Waals surface area contributed by atoms with Crippen molar-refractivity contribution in [1.29, 1.82) is 10.5 Å². The molecule has 162 valence electrons. The Morgan fingerprint density at radius 1 is 0.600 bits per heavy atom. The molecule has 6 rings (SSSR count). The number of rotatable bonds is 3. The van der Waals surface area contributed by atoms with E-state index in [0.29, 0.717) is 11.1 Å². The van der Waals surface area contributed by atoms with E-state index in [4.69, 9.17) is 0 Å². The van der Waals surface area contributed by atoms with Crippen molar-refractivity contribution in [2.45, 2.75) is 0 Å². The third-order valence-electron chi connectivity index (χ3n) is 6.39. The first-order chi connectivity index (χ1) is 17.3. The molecule has 4 heteroatoms. The van der Waals surface area contributed by atoms with E-state index < -0.39 is 0 Å². The number of hydrogen-bond donors (Lipinski definition) is 0. The van der Waals surface area contributed by atoms with Crippen LogP contribution in [0.1, 0.15) is 11.1 Å². The molecule has 0 aliphatic rings. The molecule has 2 heterocycles. The molecule has 4 nitrogen and oxygen atoms in total. The van der Waals surface area contributed by atoms with Crippen LogP contribution in [0.2, 0.25) is 0 Å². The fourth-order valence-electron chi connectivity index (χ4n) is 4.84. The molecule has 0 bridgehead atoms. The van der Waals surface area contributed by atoms with Gasteiger partial charge in [-0.1, -0.05) is 60.7 Å². The Hall–Kier alpha value is -5.19. The van der Waals surface area contributed by atoms with E-state index in [2.05, 4.69) is 46.0 Å². The normalized spacial score (nSPS) is 10.8. The maximum absolute atomic E-state index is 10.1. The second-order valence-electron chi connectivity index (χ2n) is 8.29. The van der Waals surface area contributed by atoms with Gasteiger partial charge >= 0.3 is 0 Å². The quantitative estimate of drug-likeness (QED) is 0.287. The van der Waals surface area contributed by atoms with Gasteiger partial charge in [0.25, 0.3) is 0 Å². The fraction of sp³-hybridized carbons (Fsp3) is 0. The first kappa shape index (κ1) is 20.4. The van der Waals surface area contributed by atoms with Crippen LogP contribution in [0.25, 0.3) is 49.7 Å². The standard InChI is InChI=1S/C31H18N4/c32-19-23-9-6-11-26-25-10-4-5-12-29(25)35(31(23)26)30-18-27(22-13-15-34-16-14-22)24(20-33)17-28(30)21-7-2-1-3-8-21/h1-18H. The Labute approximate surface area is 202 Å². The molecule has 4 aromatic carbocycles. The van der Waals surface area contributed by atoms with Gasteiger partial charge in [0.2, 0.25) is 0 Å². The lowest BCUT2D eigenvalue weighted by Crippen LogP contribution is -2.01. The zero-order valence-corrected chi connectivity index (χ0v) is 18.7. The van der Waals surface area contributed by atoms with Crippen molar-refractivity contribution in [3.05, 3.63) is 121 Å². The molecule has 0 N–H and O–H groups in total. The van der Waals surface area contributed by atoms with E-state index in [1.807, 2.05) is 72.8 Å². The Balaban J connectivity index is 1.82. The van der Waals surface area contributed by atoms with E-state index in [-0.39, 0.29) is 0 Å². The molecule has 0 aliphatic heterocycles. The van der Waals surface area contributed by atoms with E-state index in [0.717, 1.165) is 49.7 Å². The summed E-state index contributed by atoms with van der Waals surface area (Å²) in [6.45, 7) is 0. The van der Waals surface area contributed by atoms with E-state index in [9.17, 15) is 10.5 Å². The van der Waals surface area contributed by atoms with Crippen LogP contribution in [-0.2, 0) is 0 Å². The molecular weight excluding hydrogens is 428 g/mol. The Bertz CT molecular complexity index is 1800. The molecule has 0 fully saturated rings. The van der Waals surface area contributed by atoms with Crippen LogP contribution in [0.5, 0.6) is 0 Å². The maximum Gasteiger partial charge on any atom is 0.101 e. The van der Waals surface area contributed by atoms with E-state index >= 15 is 0 Å². The molecule has 2 aromatic heterocycles. The molecule has 0 unspecified atom stereocenters. The number of nitriles is 2. The molecular formula is C31H18N4. The average Bonchev–Trinajstić information content (AvgIpc) is 3.28. The van der Waals surface area contributed by atoms with E-state index in [1.54, 1.807) is 12.4 Å². The van der Waals surface area contributed by atoms with Crippen molar-refractivity contribution in [1.82, 2.24) is 9.55 Å². The summed E-state index contributed by atoms with van der Waals surface area (Å²) >= 11 is 0. The molecule has 0 radical (unpaired) electrons. The number of benzene rings is 4. The van der Waals surface area contributed by atoms with Crippen molar-refractivity contribution in [2.24, 2.45) is 0 Å². The second kappa shape index (κ2) is 8.30. The van der Waals surface area contributed by atoms with Crippen LogP contribution in [0.15, 0.2) is 109 Å². The Morgan fingerprint density at radius 2 is 1.29 bits per heavy atom. The zero-order valence-electron chi connectivity index (χ0n) is 18.7. The molecule has 35 heavy (non-hydrogen) atoms. The van der Waals surface area contributed by atoms with Crippen LogP contribution < -0.4 is 0 Å². The van der Waals surface area contributed by atoms with Gasteiger partial charge in [0.1, 0.15) is 6.07 Å². The summed E-state index contributed by atoms with van der Waals surface area (Å²) in [5.74, 6) is 0. The summed E-state index contributed by atoms with van der Waals surface area (Å²) in [6, 6.07) is 36.7. The predicted octanol–water partition coefficient (Wildman–Crippen LogP) is 7.26. The first-order valence-electron chi connectivity index (χ1n) is 11.3. The van der Waals surface area contributed by atoms with Gasteiger partial charge in [-0.05, 0) is 47.5 Å². The van der Waals surface area contributed by atoms with Crippen LogP contribution in [0, 0.1) is 22.7 Å². The summed E-state index contributed by atoms with van der Waals surface area (Å²) in [4.78, 5) is 4.14. The molecule has 0 spiro atoms. The number of pyridine rings is 1. The number of para-hydroxylation sites is 2. The zero-order chi connectivity index (χ0) is 23.8. The van der Waals surface area contributed by atoms with Crippen molar-refractivity contribution in [2.75, 3.05) is 0 Å². The van der Waals surface area contributed by atoms with Gasteiger partial charge < -0.3 is 4.57 Å². The van der Waals surface area contributed by atoms with Gasteiger partial charge in [-0.15, -0.1) is 0 Å². The maximum atomic E-state index is 10.1. The van der Waals surface area contributed by atoms with Crippen LogP contribution in [0.3, 0.4) is 0 Å². The SMILES string of the molecule is N#Cc1cc(-c2ccccc2)c(-n2c3ccccc3c3cccc(C#N)c32)cc1-c1ccncc1. The fourth-order valence-corrected chi connectivity index (χ4v) is 4.84. The smallest absolute Gasteiger partial charge is 0.101 e. The summed E-state index contributed by atoms with van der Waals surface area (Å²) in [5, 5.41) is 22.2. The molecule has 0 amide bonds. The molecule has 6 aromatic rings. The van der Waals surface area contributed by atoms with Gasteiger partial charge in [0, 0.05) is 34.3 Å². The molecule has 0 saturated heterocycles. The van der Waals surface area contributed by atoms with Crippen molar-refractivity contribution in [3.63, 3.8) is 0 Å². The van der Waals surface area contributed by atoms with E-state index in [1.165, 1.54) is 0 Å². The lowest BCUT2D eigenvalue weighted by Gasteiger charge is -2.18. The summed E-state index contributed by atoms with van der Waals surface area (Å²) in [5.41, 5.74) is 7.63. The van der Waals surface area contributed by atoms with Gasteiger partial charge in [0.15, 0.2) is 0 Å². The summed E-state index contributed by atoms with van der Waals surface area (Å²) < 4.78 is 2.16. The predicted molar refractivity (Wildman–Crippen MR) is 139 cm³/mol. The van der Waals surface area contributed by atoms with Gasteiger partial charge in [-0.2, -0.15) is 10.5 Å². The lowest BCUT2D eigenvalue weighted by molar-refractivity contribution is 1.17. The summed E-state index contributed by atoms with van der Waals surface area (Å²) in [6.07, 6.45) is 3.46. The van der Waals surface area contributed by atoms with Gasteiger partial charge in [-0.25, -0.2) is 0 Å². The lowest BCUT2D eigenvalue weighted by atomic mass is 9.94. The number of nitrogens with zero attached hydrogens (tertiary/aromatic N) is 4. The molecule has 0 saturated carbocycles. The summed E-state index contributed by atoms with van der Waals surface area (Å²) in [7, 11) is 0. The number of fused-ring (bicyclic) bond motifs is 3. The Kier molecular flexibility index (Phi) is 4.84. The minimum Gasteiger partial charge on any atom is -0.307 e. The average molecular weight is 447 g/mol. The van der Waals surface area contributed by atoms with Crippen molar-refractivity contribution in [3.8, 4) is 40.1 Å². The third-order valence-corrected chi connectivity index (χ3v) is 6.39. The van der Waals surface area contributed by atoms with Gasteiger partial charge in [0.05, 0.1) is 33.9 Å². The van der Waals surface area contributed by atoms with Crippen LogP contribution >= 0.6 is 0 Å². The highest BCUT2D eigenvalue weighted by Crippen LogP contribution is 2.40. The highest BCUT2D eigenvalue weighted by Gasteiger charge is 2.20.